The monoisotopic (exact) mass is 379 g/mol. The Morgan fingerprint density at radius 2 is 1.71 bits per heavy atom. The first kappa shape index (κ1) is 18.8. The minimum atomic E-state index is -0.193. The van der Waals surface area contributed by atoms with Crippen molar-refractivity contribution in [3.8, 4) is 0 Å². The zero-order valence-corrected chi connectivity index (χ0v) is 16.2. The summed E-state index contributed by atoms with van der Waals surface area (Å²) in [7, 11) is 0. The van der Waals surface area contributed by atoms with Gasteiger partial charge >= 0.3 is 0 Å². The van der Waals surface area contributed by atoms with Crippen LogP contribution in [0.15, 0.2) is 54.6 Å². The highest BCUT2D eigenvalue weighted by atomic mass is 16.3. The van der Waals surface area contributed by atoms with Crippen molar-refractivity contribution in [3.05, 3.63) is 60.2 Å². The molecule has 0 atom stereocenters. The second kappa shape index (κ2) is 8.23. The molecule has 0 unspecified atom stereocenters. The zero-order valence-electron chi connectivity index (χ0n) is 16.2. The number of para-hydroxylation sites is 2. The molecule has 1 aliphatic heterocycles. The molecule has 2 aliphatic rings. The fourth-order valence-corrected chi connectivity index (χ4v) is 4.02. The predicted octanol–water partition coefficient (Wildman–Crippen LogP) is 2.91. The molecular weight excluding hydrogens is 350 g/mol. The van der Waals surface area contributed by atoms with Crippen molar-refractivity contribution in [2.75, 3.05) is 36.4 Å². The van der Waals surface area contributed by atoms with Crippen LogP contribution in [-0.4, -0.2) is 43.3 Å². The van der Waals surface area contributed by atoms with Crippen LogP contribution in [0.2, 0.25) is 0 Å². The van der Waals surface area contributed by atoms with E-state index in [0.717, 1.165) is 50.1 Å². The normalized spacial score (nSPS) is 18.5. The van der Waals surface area contributed by atoms with Crippen molar-refractivity contribution in [3.63, 3.8) is 0 Å². The van der Waals surface area contributed by atoms with Gasteiger partial charge in [-0.15, -0.1) is 0 Å². The highest BCUT2D eigenvalue weighted by Gasteiger charge is 2.44. The fraction of sp³-hybridized carbons (Fsp3) is 0.435. The lowest BCUT2D eigenvalue weighted by molar-refractivity contribution is -0.119. The average Bonchev–Trinajstić information content (AvgIpc) is 3.54. The van der Waals surface area contributed by atoms with Crippen molar-refractivity contribution in [2.45, 2.75) is 37.2 Å². The lowest BCUT2D eigenvalue weighted by Crippen LogP contribution is -2.37. The van der Waals surface area contributed by atoms with Crippen LogP contribution in [0.5, 0.6) is 0 Å². The molecule has 0 aromatic heterocycles. The number of nitrogens with one attached hydrogen (secondary N) is 2. The molecule has 1 amide bonds. The van der Waals surface area contributed by atoms with Crippen LogP contribution in [0.3, 0.4) is 0 Å². The average molecular weight is 380 g/mol. The van der Waals surface area contributed by atoms with E-state index in [2.05, 4.69) is 45.9 Å². The Kier molecular flexibility index (Phi) is 5.53. The summed E-state index contributed by atoms with van der Waals surface area (Å²) in [4.78, 5) is 14.7. The predicted molar refractivity (Wildman–Crippen MR) is 113 cm³/mol. The molecule has 5 heteroatoms. The summed E-state index contributed by atoms with van der Waals surface area (Å²) >= 11 is 0. The van der Waals surface area contributed by atoms with Crippen LogP contribution < -0.4 is 15.5 Å². The molecule has 4 rings (SSSR count). The number of rotatable bonds is 7. The van der Waals surface area contributed by atoms with Crippen LogP contribution in [0.4, 0.5) is 11.4 Å². The van der Waals surface area contributed by atoms with E-state index in [1.807, 2.05) is 24.3 Å². The van der Waals surface area contributed by atoms with Crippen LogP contribution >= 0.6 is 0 Å². The molecule has 1 aliphatic carbocycles. The summed E-state index contributed by atoms with van der Waals surface area (Å²) in [5, 5.41) is 16.1. The molecule has 1 heterocycles. The summed E-state index contributed by atoms with van der Waals surface area (Å²) < 4.78 is 0. The number of carbonyl (C=O) groups excluding carboxylic acids is 1. The second-order valence-electron chi connectivity index (χ2n) is 8.01. The van der Waals surface area contributed by atoms with Crippen molar-refractivity contribution >= 4 is 17.3 Å². The van der Waals surface area contributed by atoms with Gasteiger partial charge in [-0.3, -0.25) is 4.79 Å². The number of piperidine rings is 1. The number of anilines is 2. The highest BCUT2D eigenvalue weighted by Crippen LogP contribution is 2.47. The standard InChI is InChI=1S/C23H29N3O2/c27-19-10-14-26(15-11-19)21-9-5-4-8-20(21)24-16-22(28)25-17-23(12-13-23)18-6-2-1-3-7-18/h1-9,19,24,27H,10-17H2,(H,25,28). The Labute approximate surface area is 166 Å². The molecule has 2 aromatic carbocycles. The maximum absolute atomic E-state index is 12.4. The van der Waals surface area contributed by atoms with Crippen molar-refractivity contribution in [2.24, 2.45) is 0 Å². The van der Waals surface area contributed by atoms with E-state index in [0.29, 0.717) is 6.54 Å². The van der Waals surface area contributed by atoms with Gasteiger partial charge in [0, 0.05) is 25.0 Å². The number of nitrogens with zero attached hydrogens (tertiary/aromatic N) is 1. The van der Waals surface area contributed by atoms with Gasteiger partial charge in [0.15, 0.2) is 0 Å². The van der Waals surface area contributed by atoms with Gasteiger partial charge in [0.1, 0.15) is 0 Å². The molecule has 1 saturated heterocycles. The lowest BCUT2D eigenvalue weighted by atomic mass is 9.96. The molecule has 28 heavy (non-hydrogen) atoms. The molecule has 5 nitrogen and oxygen atoms in total. The first-order valence-corrected chi connectivity index (χ1v) is 10.2. The van der Waals surface area contributed by atoms with Crippen LogP contribution in [0, 0.1) is 0 Å². The zero-order chi connectivity index (χ0) is 19.4. The number of aliphatic hydroxyl groups excluding tert-OH is 1. The maximum atomic E-state index is 12.4. The van der Waals surface area contributed by atoms with Crippen molar-refractivity contribution in [1.82, 2.24) is 5.32 Å². The number of amides is 1. The smallest absolute Gasteiger partial charge is 0.239 e. The molecule has 0 bridgehead atoms. The third-order valence-corrected chi connectivity index (χ3v) is 6.01. The molecule has 0 spiro atoms. The minimum Gasteiger partial charge on any atom is -0.393 e. The van der Waals surface area contributed by atoms with Gasteiger partial charge in [-0.1, -0.05) is 42.5 Å². The quantitative estimate of drug-likeness (QED) is 0.692. The van der Waals surface area contributed by atoms with E-state index >= 15 is 0 Å². The third-order valence-electron chi connectivity index (χ3n) is 6.01. The number of carbonyl (C=O) groups is 1. The van der Waals surface area contributed by atoms with Crippen LogP contribution in [-0.2, 0) is 10.2 Å². The summed E-state index contributed by atoms with van der Waals surface area (Å²) in [6.07, 6.45) is 3.65. The molecule has 148 valence electrons. The van der Waals surface area contributed by atoms with E-state index in [1.54, 1.807) is 0 Å². The Balaban J connectivity index is 1.31. The Hall–Kier alpha value is -2.53. The highest BCUT2D eigenvalue weighted by molar-refractivity contribution is 5.82. The molecule has 3 N–H and O–H groups in total. The molecule has 2 aromatic rings. The SMILES string of the molecule is O=C(CNc1ccccc1N1CCC(O)CC1)NCC1(c2ccccc2)CC1. The van der Waals surface area contributed by atoms with Gasteiger partial charge in [-0.05, 0) is 43.4 Å². The second-order valence-corrected chi connectivity index (χ2v) is 8.01. The Morgan fingerprint density at radius 3 is 2.43 bits per heavy atom. The third kappa shape index (κ3) is 4.30. The number of hydrogen-bond acceptors (Lipinski definition) is 4. The van der Waals surface area contributed by atoms with Gasteiger partial charge < -0.3 is 20.6 Å². The largest absolute Gasteiger partial charge is 0.393 e. The molecule has 0 radical (unpaired) electrons. The van der Waals surface area contributed by atoms with Crippen LogP contribution in [0.25, 0.3) is 0 Å². The lowest BCUT2D eigenvalue weighted by Gasteiger charge is -2.33. The van der Waals surface area contributed by atoms with E-state index < -0.39 is 0 Å². The minimum absolute atomic E-state index is 0.0195. The first-order valence-electron chi connectivity index (χ1n) is 10.2. The number of aliphatic hydroxyl groups is 1. The Morgan fingerprint density at radius 1 is 1.04 bits per heavy atom. The van der Waals surface area contributed by atoms with Crippen molar-refractivity contribution in [1.29, 1.82) is 0 Å². The Bertz CT molecular complexity index is 797. The topological polar surface area (TPSA) is 64.6 Å². The fourth-order valence-electron chi connectivity index (χ4n) is 4.02. The molecule has 1 saturated carbocycles. The van der Waals surface area contributed by atoms with Gasteiger partial charge in [0.05, 0.1) is 24.0 Å². The van der Waals surface area contributed by atoms with Gasteiger partial charge in [-0.2, -0.15) is 0 Å². The summed E-state index contributed by atoms with van der Waals surface area (Å²) in [6, 6.07) is 18.6. The van der Waals surface area contributed by atoms with E-state index in [-0.39, 0.29) is 24.0 Å². The van der Waals surface area contributed by atoms with E-state index in [9.17, 15) is 9.90 Å². The van der Waals surface area contributed by atoms with Gasteiger partial charge in [-0.25, -0.2) is 0 Å². The number of hydrogen-bond donors (Lipinski definition) is 3. The van der Waals surface area contributed by atoms with Crippen molar-refractivity contribution < 1.29 is 9.90 Å². The first-order chi connectivity index (χ1) is 13.7. The molecule has 2 fully saturated rings. The van der Waals surface area contributed by atoms with E-state index in [1.165, 1.54) is 5.56 Å². The van der Waals surface area contributed by atoms with Gasteiger partial charge in [0.25, 0.3) is 0 Å². The summed E-state index contributed by atoms with van der Waals surface area (Å²) in [6.45, 7) is 2.64. The van der Waals surface area contributed by atoms with E-state index in [4.69, 9.17) is 0 Å². The van der Waals surface area contributed by atoms with Crippen LogP contribution in [0.1, 0.15) is 31.2 Å². The van der Waals surface area contributed by atoms with Gasteiger partial charge in [0.2, 0.25) is 5.91 Å². The summed E-state index contributed by atoms with van der Waals surface area (Å²) in [5.74, 6) is 0.0195. The number of benzene rings is 2. The summed E-state index contributed by atoms with van der Waals surface area (Å²) in [5.41, 5.74) is 3.52. The maximum Gasteiger partial charge on any atom is 0.239 e. The molecular formula is C23H29N3O2.